The van der Waals surface area contributed by atoms with Gasteiger partial charge in [-0.2, -0.15) is 4.68 Å². The van der Waals surface area contributed by atoms with Crippen molar-refractivity contribution in [2.45, 2.75) is 32.3 Å². The number of hydrogen-bond acceptors (Lipinski definition) is 4. The van der Waals surface area contributed by atoms with Gasteiger partial charge >= 0.3 is 0 Å². The predicted octanol–water partition coefficient (Wildman–Crippen LogP) is 3.46. The molecule has 0 amide bonds. The molecule has 0 saturated carbocycles. The van der Waals surface area contributed by atoms with Gasteiger partial charge < -0.3 is 4.74 Å². The topological polar surface area (TPSA) is 52.8 Å². The van der Waals surface area contributed by atoms with Crippen molar-refractivity contribution in [1.29, 1.82) is 0 Å². The van der Waals surface area contributed by atoms with Crippen molar-refractivity contribution in [2.75, 3.05) is 0 Å². The second kappa shape index (κ2) is 5.50. The van der Waals surface area contributed by atoms with Gasteiger partial charge in [0.1, 0.15) is 5.75 Å². The van der Waals surface area contributed by atoms with E-state index in [1.54, 1.807) is 6.20 Å². The molecule has 0 fully saturated rings. The van der Waals surface area contributed by atoms with Crippen LogP contribution in [0.15, 0.2) is 48.7 Å². The molecule has 0 bridgehead atoms. The highest BCUT2D eigenvalue weighted by Gasteiger charge is 2.30. The number of rotatable bonds is 3. The lowest BCUT2D eigenvalue weighted by Gasteiger charge is -2.11. The van der Waals surface area contributed by atoms with Crippen LogP contribution in [0.4, 0.5) is 0 Å². The van der Waals surface area contributed by atoms with Gasteiger partial charge in [-0.3, -0.25) is 0 Å². The Hall–Kier alpha value is -2.69. The second-order valence-corrected chi connectivity index (χ2v) is 6.00. The number of fused-ring (bicyclic) bond motifs is 1. The smallest absolute Gasteiger partial charge is 0.175 e. The van der Waals surface area contributed by atoms with Gasteiger partial charge in [0.05, 0.1) is 0 Å². The molecular formula is C18H18N4O. The van der Waals surface area contributed by atoms with Crippen LogP contribution >= 0.6 is 0 Å². The third-order valence-corrected chi connectivity index (χ3v) is 3.97. The van der Waals surface area contributed by atoms with Gasteiger partial charge in [0.25, 0.3) is 0 Å². The minimum absolute atomic E-state index is 0.130. The summed E-state index contributed by atoms with van der Waals surface area (Å²) in [5.74, 6) is 3.57. The lowest BCUT2D eigenvalue weighted by Crippen LogP contribution is -2.13. The van der Waals surface area contributed by atoms with Gasteiger partial charge in [-0.1, -0.05) is 38.1 Å². The van der Waals surface area contributed by atoms with E-state index in [9.17, 15) is 0 Å². The molecule has 5 heteroatoms. The summed E-state index contributed by atoms with van der Waals surface area (Å²) < 4.78 is 7.91. The normalized spacial score (nSPS) is 16.4. The molecular weight excluding hydrogens is 288 g/mol. The van der Waals surface area contributed by atoms with E-state index in [1.807, 2.05) is 41.1 Å². The Morgan fingerprint density at radius 2 is 1.96 bits per heavy atom. The number of benzene rings is 1. The average molecular weight is 306 g/mol. The summed E-state index contributed by atoms with van der Waals surface area (Å²) in [7, 11) is 0. The molecule has 0 radical (unpaired) electrons. The zero-order chi connectivity index (χ0) is 15.8. The molecule has 3 heterocycles. The Labute approximate surface area is 135 Å². The molecule has 4 rings (SSSR count). The highest BCUT2D eigenvalue weighted by atomic mass is 16.5. The van der Waals surface area contributed by atoms with Crippen molar-refractivity contribution in [1.82, 2.24) is 19.7 Å². The van der Waals surface area contributed by atoms with Gasteiger partial charge in [-0.25, -0.2) is 9.97 Å². The number of ether oxygens (including phenoxy) is 1. The minimum atomic E-state index is -0.130. The molecule has 1 aliphatic heterocycles. The molecule has 116 valence electrons. The highest BCUT2D eigenvalue weighted by molar-refractivity contribution is 5.38. The number of hydrogen-bond donors (Lipinski definition) is 0. The van der Waals surface area contributed by atoms with E-state index >= 15 is 0 Å². The Morgan fingerprint density at radius 1 is 1.13 bits per heavy atom. The van der Waals surface area contributed by atoms with Crippen LogP contribution in [0.5, 0.6) is 5.75 Å². The Morgan fingerprint density at radius 3 is 2.70 bits per heavy atom. The summed E-state index contributed by atoms with van der Waals surface area (Å²) in [6.45, 7) is 4.18. The van der Waals surface area contributed by atoms with Gasteiger partial charge in [0.15, 0.2) is 23.6 Å². The molecule has 0 unspecified atom stereocenters. The van der Waals surface area contributed by atoms with E-state index in [1.165, 1.54) is 5.56 Å². The number of aromatic nitrogens is 4. The zero-order valence-corrected chi connectivity index (χ0v) is 13.2. The third-order valence-electron chi connectivity index (χ3n) is 3.97. The molecule has 0 saturated heterocycles. The first kappa shape index (κ1) is 13.9. The maximum absolute atomic E-state index is 6.10. The molecule has 23 heavy (non-hydrogen) atoms. The van der Waals surface area contributed by atoms with Crippen LogP contribution in [0.3, 0.4) is 0 Å². The van der Waals surface area contributed by atoms with Crippen LogP contribution in [-0.4, -0.2) is 19.7 Å². The van der Waals surface area contributed by atoms with Crippen molar-refractivity contribution < 1.29 is 4.74 Å². The largest absolute Gasteiger partial charge is 0.482 e. The van der Waals surface area contributed by atoms with Crippen molar-refractivity contribution in [3.8, 4) is 11.6 Å². The summed E-state index contributed by atoms with van der Waals surface area (Å²) >= 11 is 0. The van der Waals surface area contributed by atoms with Crippen LogP contribution in [-0.2, 0) is 6.42 Å². The van der Waals surface area contributed by atoms with Crippen LogP contribution in [0.2, 0.25) is 0 Å². The fourth-order valence-electron chi connectivity index (χ4n) is 2.77. The Balaban J connectivity index is 1.77. The van der Waals surface area contributed by atoms with Crippen molar-refractivity contribution in [3.63, 3.8) is 0 Å². The lowest BCUT2D eigenvalue weighted by atomic mass is 10.1. The maximum Gasteiger partial charge on any atom is 0.175 e. The summed E-state index contributed by atoms with van der Waals surface area (Å²) in [6, 6.07) is 13.9. The summed E-state index contributed by atoms with van der Waals surface area (Å²) in [5.41, 5.74) is 1.21. The maximum atomic E-state index is 6.10. The molecule has 1 aromatic carbocycles. The third kappa shape index (κ3) is 2.48. The fourth-order valence-corrected chi connectivity index (χ4v) is 2.77. The van der Waals surface area contributed by atoms with Crippen LogP contribution in [0, 0.1) is 0 Å². The molecule has 3 aromatic rings. The molecule has 2 aromatic heterocycles. The van der Waals surface area contributed by atoms with Gasteiger partial charge in [0.2, 0.25) is 0 Å². The van der Waals surface area contributed by atoms with Gasteiger partial charge in [-0.05, 0) is 23.8 Å². The molecule has 5 nitrogen and oxygen atoms in total. The zero-order valence-electron chi connectivity index (χ0n) is 13.2. The van der Waals surface area contributed by atoms with Gasteiger partial charge in [0, 0.05) is 18.5 Å². The molecule has 0 N–H and O–H groups in total. The molecule has 0 aliphatic carbocycles. The van der Waals surface area contributed by atoms with Crippen molar-refractivity contribution in [2.24, 2.45) is 0 Å². The van der Waals surface area contributed by atoms with Crippen LogP contribution in [0.25, 0.3) is 5.82 Å². The van der Waals surface area contributed by atoms with Gasteiger partial charge in [-0.15, -0.1) is 5.10 Å². The summed E-state index contributed by atoms with van der Waals surface area (Å²) in [4.78, 5) is 9.15. The first-order valence-corrected chi connectivity index (χ1v) is 7.85. The van der Waals surface area contributed by atoms with Crippen LogP contribution < -0.4 is 4.74 Å². The Kier molecular flexibility index (Phi) is 3.33. The predicted molar refractivity (Wildman–Crippen MR) is 86.8 cm³/mol. The van der Waals surface area contributed by atoms with Crippen molar-refractivity contribution >= 4 is 0 Å². The lowest BCUT2D eigenvalue weighted by molar-refractivity contribution is 0.224. The van der Waals surface area contributed by atoms with Crippen molar-refractivity contribution in [3.05, 3.63) is 65.9 Å². The quantitative estimate of drug-likeness (QED) is 0.743. The molecule has 1 aliphatic rings. The number of pyridine rings is 1. The monoisotopic (exact) mass is 306 g/mol. The second-order valence-electron chi connectivity index (χ2n) is 6.00. The first-order chi connectivity index (χ1) is 11.2. The van der Waals surface area contributed by atoms with E-state index in [0.717, 1.165) is 29.6 Å². The number of para-hydroxylation sites is 1. The van der Waals surface area contributed by atoms with E-state index in [0.29, 0.717) is 0 Å². The highest BCUT2D eigenvalue weighted by Crippen LogP contribution is 2.36. The minimum Gasteiger partial charge on any atom is -0.482 e. The standard InChI is InChI=1S/C18H18N4O/c1-12(2)17-20-18(22(21-17)16-9-5-6-10-19-16)15-11-13-7-3-4-8-14(13)23-15/h3-10,12,15H,11H2,1-2H3/t15-/m0/s1. The van der Waals surface area contributed by atoms with E-state index < -0.39 is 0 Å². The summed E-state index contributed by atoms with van der Waals surface area (Å²) in [5, 5.41) is 4.65. The SMILES string of the molecule is CC(C)c1nc([C@@H]2Cc3ccccc3O2)n(-c2ccccn2)n1. The summed E-state index contributed by atoms with van der Waals surface area (Å²) in [6.07, 6.45) is 2.44. The first-order valence-electron chi connectivity index (χ1n) is 7.85. The number of nitrogens with zero attached hydrogens (tertiary/aromatic N) is 4. The van der Waals surface area contributed by atoms with E-state index in [-0.39, 0.29) is 12.0 Å². The Bertz CT molecular complexity index is 801. The van der Waals surface area contributed by atoms with E-state index in [2.05, 4.69) is 30.0 Å². The average Bonchev–Trinajstić information content (AvgIpc) is 3.19. The van der Waals surface area contributed by atoms with Crippen LogP contribution in [0.1, 0.15) is 43.1 Å². The fraction of sp³-hybridized carbons (Fsp3) is 0.278. The van der Waals surface area contributed by atoms with E-state index in [4.69, 9.17) is 9.72 Å². The molecule has 0 spiro atoms. The molecule has 1 atom stereocenters.